The Bertz CT molecular complexity index is 1140. The van der Waals surface area contributed by atoms with Crippen LogP contribution in [0.5, 0.6) is 0 Å². The molecule has 0 bridgehead atoms. The maximum atomic E-state index is 6.51. The monoisotopic (exact) mass is 449 g/mol. The fourth-order valence-electron chi connectivity index (χ4n) is 4.44. The van der Waals surface area contributed by atoms with E-state index in [9.17, 15) is 0 Å². The van der Waals surface area contributed by atoms with Crippen molar-refractivity contribution >= 4 is 23.4 Å². The van der Waals surface area contributed by atoms with Crippen molar-refractivity contribution in [3.8, 4) is 11.3 Å². The number of rotatable bonds is 3. The van der Waals surface area contributed by atoms with Crippen LogP contribution in [0.2, 0.25) is 5.02 Å². The van der Waals surface area contributed by atoms with Gasteiger partial charge in [-0.2, -0.15) is 0 Å². The van der Waals surface area contributed by atoms with Crippen molar-refractivity contribution in [2.24, 2.45) is 0 Å². The van der Waals surface area contributed by atoms with Gasteiger partial charge in [0, 0.05) is 75.4 Å². The minimum absolute atomic E-state index is 0.616. The van der Waals surface area contributed by atoms with Crippen LogP contribution in [0.25, 0.3) is 11.3 Å². The van der Waals surface area contributed by atoms with Crippen molar-refractivity contribution in [1.29, 1.82) is 0 Å². The van der Waals surface area contributed by atoms with Crippen LogP contribution in [0, 0.1) is 13.8 Å². The standard InChI is InChI=1S/C24H28ClN7/c1-16-10-17(2)23(27-12-16)19-11-22(26-14-20(19)25)32-5-4-21-18(15-32)13-28-24(29-21)31-8-6-30(3)7-9-31/h10-14H,4-9,15H2,1-3H3. The first-order valence-corrected chi connectivity index (χ1v) is 11.5. The number of pyridine rings is 2. The van der Waals surface area contributed by atoms with E-state index in [1.165, 1.54) is 0 Å². The van der Waals surface area contributed by atoms with E-state index in [1.54, 1.807) is 6.20 Å². The first kappa shape index (κ1) is 21.1. The highest BCUT2D eigenvalue weighted by Crippen LogP contribution is 2.32. The third-order valence-electron chi connectivity index (χ3n) is 6.34. The summed E-state index contributed by atoms with van der Waals surface area (Å²) in [6.45, 7) is 9.77. The normalized spacial score (nSPS) is 16.9. The molecule has 0 aromatic carbocycles. The number of anilines is 2. The Balaban J connectivity index is 1.38. The number of hydrogen-bond donors (Lipinski definition) is 0. The summed E-state index contributed by atoms with van der Waals surface area (Å²) in [6.07, 6.45) is 6.48. The summed E-state index contributed by atoms with van der Waals surface area (Å²) in [4.78, 5) is 25.7. The first-order chi connectivity index (χ1) is 15.5. The van der Waals surface area contributed by atoms with Gasteiger partial charge in [-0.3, -0.25) is 4.98 Å². The lowest BCUT2D eigenvalue weighted by atomic mass is 10.0. The zero-order valence-corrected chi connectivity index (χ0v) is 19.6. The first-order valence-electron chi connectivity index (χ1n) is 11.1. The highest BCUT2D eigenvalue weighted by Gasteiger charge is 2.23. The molecule has 8 heteroatoms. The summed E-state index contributed by atoms with van der Waals surface area (Å²) >= 11 is 6.51. The molecule has 3 aromatic rings. The van der Waals surface area contributed by atoms with Crippen molar-refractivity contribution in [2.45, 2.75) is 26.8 Å². The zero-order valence-electron chi connectivity index (χ0n) is 18.8. The average molecular weight is 450 g/mol. The molecule has 1 saturated heterocycles. The molecule has 0 radical (unpaired) electrons. The summed E-state index contributed by atoms with van der Waals surface area (Å²) in [5.41, 5.74) is 6.38. The van der Waals surface area contributed by atoms with E-state index < -0.39 is 0 Å². The summed E-state index contributed by atoms with van der Waals surface area (Å²) in [5.74, 6) is 1.76. The van der Waals surface area contributed by atoms with Gasteiger partial charge in [-0.15, -0.1) is 0 Å². The van der Waals surface area contributed by atoms with E-state index in [0.29, 0.717) is 5.02 Å². The molecule has 166 valence electrons. The molecule has 0 amide bonds. The van der Waals surface area contributed by atoms with Crippen molar-refractivity contribution < 1.29 is 0 Å². The molecule has 0 atom stereocenters. The second-order valence-electron chi connectivity index (χ2n) is 8.80. The lowest BCUT2D eigenvalue weighted by Gasteiger charge is -2.34. The summed E-state index contributed by atoms with van der Waals surface area (Å²) in [5, 5.41) is 0.616. The number of aryl methyl sites for hydroxylation is 2. The van der Waals surface area contributed by atoms with Crippen molar-refractivity contribution in [3.63, 3.8) is 0 Å². The molecule has 0 unspecified atom stereocenters. The molecule has 0 spiro atoms. The van der Waals surface area contributed by atoms with Gasteiger partial charge < -0.3 is 14.7 Å². The van der Waals surface area contributed by atoms with Crippen LogP contribution < -0.4 is 9.80 Å². The van der Waals surface area contributed by atoms with Gasteiger partial charge in [-0.05, 0) is 38.1 Å². The summed E-state index contributed by atoms with van der Waals surface area (Å²) in [7, 11) is 2.16. The van der Waals surface area contributed by atoms with Crippen LogP contribution >= 0.6 is 11.6 Å². The Labute approximate surface area is 194 Å². The maximum absolute atomic E-state index is 6.51. The van der Waals surface area contributed by atoms with Gasteiger partial charge in [0.1, 0.15) is 5.82 Å². The van der Waals surface area contributed by atoms with Crippen LogP contribution in [0.15, 0.2) is 30.7 Å². The van der Waals surface area contributed by atoms with Crippen LogP contribution in [-0.2, 0) is 13.0 Å². The number of nitrogens with zero attached hydrogens (tertiary/aromatic N) is 7. The van der Waals surface area contributed by atoms with Crippen LogP contribution in [0.1, 0.15) is 22.4 Å². The number of piperazine rings is 1. The predicted molar refractivity (Wildman–Crippen MR) is 128 cm³/mol. The van der Waals surface area contributed by atoms with Gasteiger partial charge in [0.05, 0.1) is 16.4 Å². The van der Waals surface area contributed by atoms with E-state index in [1.807, 2.05) is 19.3 Å². The van der Waals surface area contributed by atoms with Crippen LogP contribution in [-0.4, -0.2) is 64.6 Å². The van der Waals surface area contributed by atoms with Gasteiger partial charge >= 0.3 is 0 Å². The fraction of sp³-hybridized carbons (Fsp3) is 0.417. The van der Waals surface area contributed by atoms with E-state index in [4.69, 9.17) is 16.6 Å². The van der Waals surface area contributed by atoms with Crippen LogP contribution in [0.3, 0.4) is 0 Å². The van der Waals surface area contributed by atoms with Crippen molar-refractivity contribution in [3.05, 3.63) is 58.1 Å². The van der Waals surface area contributed by atoms with Gasteiger partial charge in [0.2, 0.25) is 5.95 Å². The number of halogens is 1. The lowest BCUT2D eigenvalue weighted by molar-refractivity contribution is 0.311. The SMILES string of the molecule is Cc1cnc(-c2cc(N3CCc4nc(N5CCN(C)CC5)ncc4C3)ncc2Cl)c(C)c1. The van der Waals surface area contributed by atoms with Crippen LogP contribution in [0.4, 0.5) is 11.8 Å². The van der Waals surface area contributed by atoms with E-state index in [2.05, 4.69) is 55.8 Å². The molecule has 5 rings (SSSR count). The molecular weight excluding hydrogens is 422 g/mol. The Hall–Kier alpha value is -2.77. The molecular formula is C24H28ClN7. The predicted octanol–water partition coefficient (Wildman–Crippen LogP) is 3.52. The van der Waals surface area contributed by atoms with Gasteiger partial charge in [-0.25, -0.2) is 15.0 Å². The molecule has 5 heterocycles. The van der Waals surface area contributed by atoms with E-state index >= 15 is 0 Å². The number of aromatic nitrogens is 4. The smallest absolute Gasteiger partial charge is 0.225 e. The molecule has 3 aromatic heterocycles. The second kappa shape index (κ2) is 8.64. The third kappa shape index (κ3) is 4.14. The minimum Gasteiger partial charge on any atom is -0.352 e. The largest absolute Gasteiger partial charge is 0.352 e. The lowest BCUT2D eigenvalue weighted by Crippen LogP contribution is -2.45. The highest BCUT2D eigenvalue weighted by molar-refractivity contribution is 6.33. The second-order valence-corrected chi connectivity index (χ2v) is 9.21. The number of likely N-dealkylation sites (N-methyl/N-ethyl adjacent to an activating group) is 1. The Morgan fingerprint density at radius 2 is 1.69 bits per heavy atom. The fourth-order valence-corrected chi connectivity index (χ4v) is 4.63. The quantitative estimate of drug-likeness (QED) is 0.606. The van der Waals surface area contributed by atoms with Crippen molar-refractivity contribution in [2.75, 3.05) is 49.6 Å². The van der Waals surface area contributed by atoms with Gasteiger partial charge in [0.15, 0.2) is 0 Å². The number of fused-ring (bicyclic) bond motifs is 1. The highest BCUT2D eigenvalue weighted by atomic mass is 35.5. The van der Waals surface area contributed by atoms with E-state index in [0.717, 1.165) is 91.1 Å². The Kier molecular flexibility index (Phi) is 5.69. The topological polar surface area (TPSA) is 61.3 Å². The van der Waals surface area contributed by atoms with Crippen molar-refractivity contribution in [1.82, 2.24) is 24.8 Å². The molecule has 2 aliphatic rings. The molecule has 2 aliphatic heterocycles. The molecule has 32 heavy (non-hydrogen) atoms. The van der Waals surface area contributed by atoms with E-state index in [-0.39, 0.29) is 0 Å². The third-order valence-corrected chi connectivity index (χ3v) is 6.64. The molecule has 7 nitrogen and oxygen atoms in total. The maximum Gasteiger partial charge on any atom is 0.225 e. The van der Waals surface area contributed by atoms with Gasteiger partial charge in [-0.1, -0.05) is 17.7 Å². The minimum atomic E-state index is 0.616. The Morgan fingerprint density at radius 3 is 2.47 bits per heavy atom. The zero-order chi connectivity index (χ0) is 22.2. The molecule has 0 aliphatic carbocycles. The van der Waals surface area contributed by atoms with Gasteiger partial charge in [0.25, 0.3) is 0 Å². The molecule has 0 N–H and O–H groups in total. The Morgan fingerprint density at radius 1 is 0.875 bits per heavy atom. The summed E-state index contributed by atoms with van der Waals surface area (Å²) in [6, 6.07) is 4.18. The average Bonchev–Trinajstić information content (AvgIpc) is 2.80. The number of hydrogen-bond acceptors (Lipinski definition) is 7. The molecule has 1 fully saturated rings. The molecule has 0 saturated carbocycles. The summed E-state index contributed by atoms with van der Waals surface area (Å²) < 4.78 is 0.